The molecule has 1 saturated heterocycles. The fraction of sp³-hybridized carbons (Fsp3) is 0.579. The first kappa shape index (κ1) is 25.5. The molecule has 164 valence electrons. The van der Waals surface area contributed by atoms with E-state index in [-0.39, 0.29) is 42.5 Å². The third kappa shape index (κ3) is 8.77. The highest BCUT2D eigenvalue weighted by Gasteiger charge is 2.30. The quantitative estimate of drug-likeness (QED) is 0.290. The lowest BCUT2D eigenvalue weighted by Crippen LogP contribution is -2.47. The summed E-state index contributed by atoms with van der Waals surface area (Å²) in [5.41, 5.74) is 0.221. The van der Waals surface area contributed by atoms with E-state index in [0.717, 1.165) is 43.6 Å². The maximum atomic E-state index is 12.6. The molecule has 1 aromatic carbocycles. The number of aliphatic imine (C=N–C) groups is 1. The number of likely N-dealkylation sites (tertiary alicyclic amines) is 1. The molecule has 0 spiro atoms. The maximum Gasteiger partial charge on any atom is 0.416 e. The van der Waals surface area contributed by atoms with Gasteiger partial charge in [-0.25, -0.2) is 0 Å². The van der Waals surface area contributed by atoms with E-state index in [1.54, 1.807) is 7.05 Å². The third-order valence-corrected chi connectivity index (χ3v) is 4.51. The number of alkyl halides is 3. The molecule has 1 atom stereocenters. The van der Waals surface area contributed by atoms with Crippen LogP contribution in [0, 0.1) is 0 Å². The molecule has 3 N–H and O–H groups in total. The summed E-state index contributed by atoms with van der Waals surface area (Å²) in [6, 6.07) is 5.46. The van der Waals surface area contributed by atoms with E-state index >= 15 is 0 Å². The van der Waals surface area contributed by atoms with Gasteiger partial charge in [-0.15, -0.1) is 24.0 Å². The second kappa shape index (κ2) is 12.2. The smallest absolute Gasteiger partial charge is 0.355 e. The average molecular weight is 527 g/mol. The minimum absolute atomic E-state index is 0. The summed E-state index contributed by atoms with van der Waals surface area (Å²) in [7, 11) is 1.65. The van der Waals surface area contributed by atoms with Gasteiger partial charge in [-0.05, 0) is 30.5 Å². The Kier molecular flexibility index (Phi) is 10.7. The molecule has 0 bridgehead atoms. The average Bonchev–Trinajstić information content (AvgIpc) is 3.09. The van der Waals surface area contributed by atoms with Crippen LogP contribution in [0.5, 0.6) is 0 Å². The summed E-state index contributed by atoms with van der Waals surface area (Å²) in [6.07, 6.45) is -2.53. The van der Waals surface area contributed by atoms with Crippen LogP contribution in [-0.2, 0) is 17.5 Å². The van der Waals surface area contributed by atoms with Gasteiger partial charge in [0.15, 0.2) is 5.96 Å². The standard InChI is InChI=1S/C19H28F3N5O.HI/c1-3-9-24-17(28)11-25-18(23-2)26-16-8-10-27(13-16)12-14-4-6-15(7-5-14)19(20,21)22;/h4-7,16H,3,8-13H2,1-2H3,(H,24,28)(H2,23,25,26);1H. The molecule has 1 aliphatic rings. The fourth-order valence-corrected chi connectivity index (χ4v) is 3.03. The molecule has 0 aliphatic carbocycles. The molecule has 10 heteroatoms. The number of nitrogens with one attached hydrogen (secondary N) is 3. The van der Waals surface area contributed by atoms with Gasteiger partial charge in [0.05, 0.1) is 12.1 Å². The summed E-state index contributed by atoms with van der Waals surface area (Å²) < 4.78 is 37.9. The van der Waals surface area contributed by atoms with Crippen molar-refractivity contribution in [3.05, 3.63) is 35.4 Å². The zero-order valence-corrected chi connectivity index (χ0v) is 19.0. The molecule has 1 amide bonds. The van der Waals surface area contributed by atoms with Gasteiger partial charge in [0.25, 0.3) is 0 Å². The highest BCUT2D eigenvalue weighted by Crippen LogP contribution is 2.29. The molecule has 0 aromatic heterocycles. The van der Waals surface area contributed by atoms with E-state index in [4.69, 9.17) is 0 Å². The highest BCUT2D eigenvalue weighted by molar-refractivity contribution is 14.0. The number of amides is 1. The SMILES string of the molecule is CCCNC(=O)CNC(=NC)NC1CCN(Cc2ccc(C(F)(F)F)cc2)C1.I. The Morgan fingerprint density at radius 2 is 1.93 bits per heavy atom. The third-order valence-electron chi connectivity index (χ3n) is 4.51. The van der Waals surface area contributed by atoms with Gasteiger partial charge in [0, 0.05) is 39.3 Å². The van der Waals surface area contributed by atoms with Crippen molar-refractivity contribution >= 4 is 35.8 Å². The molecule has 0 saturated carbocycles. The van der Waals surface area contributed by atoms with E-state index in [9.17, 15) is 18.0 Å². The van der Waals surface area contributed by atoms with Crippen molar-refractivity contribution < 1.29 is 18.0 Å². The minimum Gasteiger partial charge on any atom is -0.355 e. The molecular weight excluding hydrogens is 498 g/mol. The van der Waals surface area contributed by atoms with Gasteiger partial charge in [0.1, 0.15) is 0 Å². The Bertz CT molecular complexity index is 667. The van der Waals surface area contributed by atoms with Crippen LogP contribution < -0.4 is 16.0 Å². The summed E-state index contributed by atoms with van der Waals surface area (Å²) in [4.78, 5) is 18.0. The van der Waals surface area contributed by atoms with E-state index in [1.807, 2.05) is 6.92 Å². The molecular formula is C19H29F3IN5O. The molecule has 1 fully saturated rings. The van der Waals surface area contributed by atoms with Crippen LogP contribution in [0.1, 0.15) is 30.9 Å². The van der Waals surface area contributed by atoms with Crippen LogP contribution in [0.4, 0.5) is 13.2 Å². The van der Waals surface area contributed by atoms with E-state index in [1.165, 1.54) is 12.1 Å². The number of guanidine groups is 1. The van der Waals surface area contributed by atoms with Crippen molar-refractivity contribution in [1.82, 2.24) is 20.9 Å². The Balaban J connectivity index is 0.00000420. The monoisotopic (exact) mass is 527 g/mol. The topological polar surface area (TPSA) is 68.8 Å². The van der Waals surface area contributed by atoms with Crippen molar-refractivity contribution in [2.45, 2.75) is 38.5 Å². The Hall–Kier alpha value is -1.56. The van der Waals surface area contributed by atoms with Crippen molar-refractivity contribution in [3.63, 3.8) is 0 Å². The molecule has 1 aliphatic heterocycles. The first-order valence-corrected chi connectivity index (χ1v) is 9.44. The van der Waals surface area contributed by atoms with Crippen LogP contribution >= 0.6 is 24.0 Å². The number of benzene rings is 1. The van der Waals surface area contributed by atoms with E-state index in [0.29, 0.717) is 19.0 Å². The maximum absolute atomic E-state index is 12.6. The number of carbonyl (C=O) groups is 1. The van der Waals surface area contributed by atoms with Crippen LogP contribution in [0.3, 0.4) is 0 Å². The number of carbonyl (C=O) groups excluding carboxylic acids is 1. The number of hydrogen-bond donors (Lipinski definition) is 3. The van der Waals surface area contributed by atoms with Crippen LogP contribution in [0.25, 0.3) is 0 Å². The Morgan fingerprint density at radius 1 is 1.24 bits per heavy atom. The summed E-state index contributed by atoms with van der Waals surface area (Å²) in [5, 5.41) is 9.07. The van der Waals surface area contributed by atoms with Gasteiger partial charge >= 0.3 is 6.18 Å². The molecule has 6 nitrogen and oxygen atoms in total. The first-order chi connectivity index (χ1) is 13.3. The molecule has 1 heterocycles. The zero-order valence-electron chi connectivity index (χ0n) is 16.7. The summed E-state index contributed by atoms with van der Waals surface area (Å²) in [6.45, 7) is 4.98. The number of halogens is 4. The van der Waals surface area contributed by atoms with Gasteiger partial charge in [-0.1, -0.05) is 19.1 Å². The predicted molar refractivity (Wildman–Crippen MR) is 118 cm³/mol. The zero-order chi connectivity index (χ0) is 20.6. The fourth-order valence-electron chi connectivity index (χ4n) is 3.03. The number of nitrogens with zero attached hydrogens (tertiary/aromatic N) is 2. The summed E-state index contributed by atoms with van der Waals surface area (Å²) in [5.74, 6) is 0.480. The largest absolute Gasteiger partial charge is 0.416 e. The van der Waals surface area contributed by atoms with Crippen molar-refractivity contribution in [2.24, 2.45) is 4.99 Å². The van der Waals surface area contributed by atoms with Crippen LogP contribution in [0.15, 0.2) is 29.3 Å². The molecule has 1 aromatic rings. The van der Waals surface area contributed by atoms with E-state index in [2.05, 4.69) is 25.8 Å². The van der Waals surface area contributed by atoms with Gasteiger partial charge in [-0.2, -0.15) is 13.2 Å². The van der Waals surface area contributed by atoms with Gasteiger partial charge in [-0.3, -0.25) is 14.7 Å². The predicted octanol–water partition coefficient (Wildman–Crippen LogP) is 2.59. The molecule has 0 radical (unpaired) electrons. The Labute approximate surface area is 186 Å². The van der Waals surface area contributed by atoms with Crippen molar-refractivity contribution in [3.8, 4) is 0 Å². The second-order valence-electron chi connectivity index (χ2n) is 6.84. The van der Waals surface area contributed by atoms with Crippen molar-refractivity contribution in [1.29, 1.82) is 0 Å². The first-order valence-electron chi connectivity index (χ1n) is 9.44. The van der Waals surface area contributed by atoms with Crippen LogP contribution in [-0.4, -0.2) is 56.0 Å². The Morgan fingerprint density at radius 3 is 2.52 bits per heavy atom. The molecule has 29 heavy (non-hydrogen) atoms. The van der Waals surface area contributed by atoms with Gasteiger partial charge < -0.3 is 16.0 Å². The summed E-state index contributed by atoms with van der Waals surface area (Å²) >= 11 is 0. The lowest BCUT2D eigenvalue weighted by atomic mass is 10.1. The molecule has 2 rings (SSSR count). The lowest BCUT2D eigenvalue weighted by Gasteiger charge is -2.19. The molecule has 1 unspecified atom stereocenters. The highest BCUT2D eigenvalue weighted by atomic mass is 127. The number of hydrogen-bond acceptors (Lipinski definition) is 3. The van der Waals surface area contributed by atoms with E-state index < -0.39 is 11.7 Å². The number of rotatable bonds is 7. The lowest BCUT2D eigenvalue weighted by molar-refractivity contribution is -0.137. The van der Waals surface area contributed by atoms with Crippen LogP contribution in [0.2, 0.25) is 0 Å². The minimum atomic E-state index is -4.31. The normalized spacial score (nSPS) is 17.6. The van der Waals surface area contributed by atoms with Crippen molar-refractivity contribution in [2.75, 3.05) is 33.2 Å². The van der Waals surface area contributed by atoms with Gasteiger partial charge in [0.2, 0.25) is 5.91 Å². The second-order valence-corrected chi connectivity index (χ2v) is 6.84.